The number of rotatable bonds is 3. The second kappa shape index (κ2) is 5.01. The minimum absolute atomic E-state index is 0.139. The predicted octanol–water partition coefficient (Wildman–Crippen LogP) is -0.442. The molecule has 1 aliphatic heterocycles. The van der Waals surface area contributed by atoms with Crippen molar-refractivity contribution in [3.63, 3.8) is 0 Å². The van der Waals surface area contributed by atoms with E-state index < -0.39 is 23.4 Å². The van der Waals surface area contributed by atoms with Crippen LogP contribution in [-0.4, -0.2) is 32.9 Å². The number of esters is 1. The average Bonchev–Trinajstić information content (AvgIpc) is 2.63. The zero-order chi connectivity index (χ0) is 13.3. The van der Waals surface area contributed by atoms with Gasteiger partial charge in [-0.05, 0) is 12.8 Å². The fraction of sp³-hybridized carbons (Fsp3) is 0.700. The second-order valence-electron chi connectivity index (χ2n) is 4.05. The van der Waals surface area contributed by atoms with E-state index in [4.69, 9.17) is 11.6 Å². The highest BCUT2D eigenvalue weighted by molar-refractivity contribution is 6.17. The number of nitrogens with zero attached hydrogens (tertiary/aromatic N) is 3. The number of fused-ring (bicyclic) bond motifs is 1. The van der Waals surface area contributed by atoms with E-state index in [0.29, 0.717) is 19.4 Å². The molecule has 0 amide bonds. The first-order chi connectivity index (χ1) is 8.61. The van der Waals surface area contributed by atoms with Crippen molar-refractivity contribution >= 4 is 17.6 Å². The summed E-state index contributed by atoms with van der Waals surface area (Å²) in [5.41, 5.74) is -0.926. The van der Waals surface area contributed by atoms with Gasteiger partial charge in [0.2, 0.25) is 0 Å². The molecule has 1 aromatic heterocycles. The molecule has 0 bridgehead atoms. The molecule has 100 valence electrons. The molecule has 8 heteroatoms. The van der Waals surface area contributed by atoms with Crippen LogP contribution in [-0.2, 0) is 22.6 Å². The lowest BCUT2D eigenvalue weighted by Crippen LogP contribution is -2.38. The van der Waals surface area contributed by atoms with Crippen molar-refractivity contribution in [2.45, 2.75) is 32.0 Å². The predicted molar refractivity (Wildman–Crippen MR) is 64.0 cm³/mol. The third-order valence-electron chi connectivity index (χ3n) is 3.06. The van der Waals surface area contributed by atoms with Gasteiger partial charge in [-0.15, -0.1) is 11.6 Å². The Morgan fingerprint density at radius 1 is 1.44 bits per heavy atom. The van der Waals surface area contributed by atoms with E-state index >= 15 is 0 Å². The first kappa shape index (κ1) is 12.9. The highest BCUT2D eigenvalue weighted by Gasteiger charge is 2.31. The number of carbonyl (C=O) groups excluding carboxylic acids is 1. The summed E-state index contributed by atoms with van der Waals surface area (Å²) in [6.07, 6.45) is 1.15. The summed E-state index contributed by atoms with van der Waals surface area (Å²) in [6.45, 7) is 0.566. The van der Waals surface area contributed by atoms with Crippen LogP contribution < -0.4 is 11.4 Å². The minimum atomic E-state index is -0.722. The molecule has 2 rings (SSSR count). The van der Waals surface area contributed by atoms with Gasteiger partial charge in [-0.25, -0.2) is 28.3 Å². The van der Waals surface area contributed by atoms with Crippen LogP contribution in [0.2, 0.25) is 0 Å². The van der Waals surface area contributed by atoms with Gasteiger partial charge in [-0.2, -0.15) is 0 Å². The van der Waals surface area contributed by atoms with E-state index in [-0.39, 0.29) is 12.4 Å². The summed E-state index contributed by atoms with van der Waals surface area (Å²) in [5.74, 6) is -0.337. The lowest BCUT2D eigenvalue weighted by molar-refractivity contribution is -0.146. The third kappa shape index (κ3) is 1.88. The van der Waals surface area contributed by atoms with Crippen LogP contribution in [0.25, 0.3) is 0 Å². The first-order valence-electron chi connectivity index (χ1n) is 5.67. The Labute approximate surface area is 107 Å². The molecule has 0 aliphatic carbocycles. The number of alkyl halides is 1. The molecule has 1 aromatic rings. The molecule has 2 heterocycles. The van der Waals surface area contributed by atoms with E-state index in [1.807, 2.05) is 0 Å². The molecule has 1 unspecified atom stereocenters. The number of aromatic nitrogens is 3. The van der Waals surface area contributed by atoms with E-state index in [1.165, 1.54) is 16.5 Å². The fourth-order valence-corrected chi connectivity index (χ4v) is 2.40. The monoisotopic (exact) mass is 275 g/mol. The van der Waals surface area contributed by atoms with E-state index in [2.05, 4.69) is 4.74 Å². The largest absolute Gasteiger partial charge is 0.467 e. The standard InChI is InChI=1S/C10H14ClN3O4/c1-18-8(15)7-3-2-5-13-9(16)12(6-4-11)10(17)14(7)13/h7H,2-6H2,1H3. The van der Waals surface area contributed by atoms with Crippen molar-refractivity contribution in [1.29, 1.82) is 0 Å². The third-order valence-corrected chi connectivity index (χ3v) is 3.23. The summed E-state index contributed by atoms with van der Waals surface area (Å²) in [6, 6.07) is -0.722. The van der Waals surface area contributed by atoms with Crippen LogP contribution in [0.1, 0.15) is 18.9 Å². The van der Waals surface area contributed by atoms with Crippen molar-refractivity contribution in [2.24, 2.45) is 0 Å². The highest BCUT2D eigenvalue weighted by Crippen LogP contribution is 2.18. The van der Waals surface area contributed by atoms with Crippen LogP contribution in [0.3, 0.4) is 0 Å². The molecule has 1 aliphatic rings. The number of ether oxygens (including phenoxy) is 1. The van der Waals surface area contributed by atoms with Crippen LogP contribution in [0.5, 0.6) is 0 Å². The Morgan fingerprint density at radius 3 is 2.78 bits per heavy atom. The minimum Gasteiger partial charge on any atom is -0.467 e. The topological polar surface area (TPSA) is 75.2 Å². The molecule has 7 nitrogen and oxygen atoms in total. The van der Waals surface area contributed by atoms with Gasteiger partial charge in [0, 0.05) is 19.0 Å². The summed E-state index contributed by atoms with van der Waals surface area (Å²) >= 11 is 5.56. The van der Waals surface area contributed by atoms with Gasteiger partial charge in [0.1, 0.15) is 0 Å². The number of carbonyl (C=O) groups is 1. The Bertz CT molecular complexity index is 571. The van der Waals surface area contributed by atoms with Gasteiger partial charge in [0.15, 0.2) is 6.04 Å². The summed E-state index contributed by atoms with van der Waals surface area (Å²) in [4.78, 5) is 35.7. The molecule has 0 fully saturated rings. The lowest BCUT2D eigenvalue weighted by Gasteiger charge is -2.22. The molecular weight excluding hydrogens is 262 g/mol. The Kier molecular flexibility index (Phi) is 3.60. The summed E-state index contributed by atoms with van der Waals surface area (Å²) in [7, 11) is 1.26. The number of halogens is 1. The molecule has 1 atom stereocenters. The quantitative estimate of drug-likeness (QED) is 0.554. The SMILES string of the molecule is COC(=O)C1CCCn2c(=O)n(CCCl)c(=O)n21. The van der Waals surface area contributed by atoms with E-state index in [9.17, 15) is 14.4 Å². The van der Waals surface area contributed by atoms with Crippen LogP contribution in [0, 0.1) is 0 Å². The summed E-state index contributed by atoms with van der Waals surface area (Å²) < 4.78 is 8.19. The van der Waals surface area contributed by atoms with Crippen molar-refractivity contribution < 1.29 is 9.53 Å². The Morgan fingerprint density at radius 2 is 2.17 bits per heavy atom. The summed E-state index contributed by atoms with van der Waals surface area (Å²) in [5, 5.41) is 0. The lowest BCUT2D eigenvalue weighted by atomic mass is 10.1. The molecule has 18 heavy (non-hydrogen) atoms. The number of hydrogen-bond donors (Lipinski definition) is 0. The Hall–Kier alpha value is -1.50. The molecular formula is C10H14ClN3O4. The van der Waals surface area contributed by atoms with E-state index in [0.717, 1.165) is 4.57 Å². The van der Waals surface area contributed by atoms with Gasteiger partial charge in [0.25, 0.3) is 0 Å². The second-order valence-corrected chi connectivity index (χ2v) is 4.43. The molecule has 0 saturated carbocycles. The van der Waals surface area contributed by atoms with Gasteiger partial charge in [-0.3, -0.25) is 0 Å². The maximum Gasteiger partial charge on any atom is 0.348 e. The van der Waals surface area contributed by atoms with Crippen molar-refractivity contribution in [1.82, 2.24) is 13.9 Å². The van der Waals surface area contributed by atoms with Crippen molar-refractivity contribution in [3.8, 4) is 0 Å². The average molecular weight is 276 g/mol. The van der Waals surface area contributed by atoms with Gasteiger partial charge < -0.3 is 4.74 Å². The van der Waals surface area contributed by atoms with Crippen LogP contribution in [0.4, 0.5) is 0 Å². The molecule has 0 radical (unpaired) electrons. The van der Waals surface area contributed by atoms with Gasteiger partial charge in [0.05, 0.1) is 7.11 Å². The van der Waals surface area contributed by atoms with Crippen molar-refractivity contribution in [3.05, 3.63) is 21.0 Å². The maximum absolute atomic E-state index is 12.1. The Balaban J connectivity index is 2.58. The molecule has 0 N–H and O–H groups in total. The number of methoxy groups -OCH3 is 1. The van der Waals surface area contributed by atoms with E-state index in [1.54, 1.807) is 0 Å². The molecule has 0 spiro atoms. The van der Waals surface area contributed by atoms with Crippen LogP contribution in [0.15, 0.2) is 9.59 Å². The zero-order valence-corrected chi connectivity index (χ0v) is 10.7. The zero-order valence-electron chi connectivity index (χ0n) is 9.97. The molecule has 0 aromatic carbocycles. The van der Waals surface area contributed by atoms with Gasteiger partial charge in [-0.1, -0.05) is 0 Å². The van der Waals surface area contributed by atoms with Crippen LogP contribution >= 0.6 is 11.6 Å². The highest BCUT2D eigenvalue weighted by atomic mass is 35.5. The van der Waals surface area contributed by atoms with Crippen molar-refractivity contribution in [2.75, 3.05) is 13.0 Å². The first-order valence-corrected chi connectivity index (χ1v) is 6.21. The smallest absolute Gasteiger partial charge is 0.348 e. The van der Waals surface area contributed by atoms with Gasteiger partial charge >= 0.3 is 17.3 Å². The fourth-order valence-electron chi connectivity index (χ4n) is 2.23. The normalized spacial score (nSPS) is 18.4. The number of hydrogen-bond acceptors (Lipinski definition) is 4. The molecule has 0 saturated heterocycles. The maximum atomic E-state index is 12.1.